The Balaban J connectivity index is 1.69. The molecule has 3 rings (SSSR count). The number of para-hydroxylation sites is 1. The van der Waals surface area contributed by atoms with Crippen molar-refractivity contribution >= 4 is 45.1 Å². The fraction of sp³-hybridized carbons (Fsp3) is 0.286. The quantitative estimate of drug-likeness (QED) is 0.309. The predicted octanol–water partition coefficient (Wildman–Crippen LogP) is 3.66. The molecule has 12 nitrogen and oxygen atoms in total. The average Bonchev–Trinajstić information content (AvgIpc) is 2.92. The molecular formula is C28H33N5O7S. The fourth-order valence-corrected chi connectivity index (χ4v) is 4.66. The van der Waals surface area contributed by atoms with E-state index in [1.54, 1.807) is 37.4 Å². The summed E-state index contributed by atoms with van der Waals surface area (Å²) in [6.07, 6.45) is 1.91. The third kappa shape index (κ3) is 8.25. The van der Waals surface area contributed by atoms with Crippen LogP contribution in [0.5, 0.6) is 5.75 Å². The summed E-state index contributed by atoms with van der Waals surface area (Å²) in [4.78, 5) is 42.5. The molecule has 41 heavy (non-hydrogen) atoms. The largest absolute Gasteiger partial charge is 0.495 e. The smallest absolute Gasteiger partial charge is 0.323 e. The van der Waals surface area contributed by atoms with Gasteiger partial charge in [-0.1, -0.05) is 30.3 Å². The minimum atomic E-state index is -3.66. The Hall–Kier alpha value is -4.49. The van der Waals surface area contributed by atoms with Gasteiger partial charge in [0, 0.05) is 26.0 Å². The molecule has 1 atom stereocenters. The monoisotopic (exact) mass is 583 g/mol. The number of anilines is 3. The first-order valence-corrected chi connectivity index (χ1v) is 14.3. The maximum absolute atomic E-state index is 13.0. The molecule has 13 heteroatoms. The van der Waals surface area contributed by atoms with Gasteiger partial charge in [-0.25, -0.2) is 18.2 Å². The van der Waals surface area contributed by atoms with Gasteiger partial charge in [-0.15, -0.1) is 0 Å². The first-order valence-electron chi connectivity index (χ1n) is 12.5. The van der Waals surface area contributed by atoms with Crippen molar-refractivity contribution in [1.29, 1.82) is 0 Å². The topological polar surface area (TPSA) is 158 Å². The number of amides is 3. The van der Waals surface area contributed by atoms with E-state index < -0.39 is 34.5 Å². The van der Waals surface area contributed by atoms with Gasteiger partial charge in [-0.05, 0) is 47.9 Å². The van der Waals surface area contributed by atoms with Crippen molar-refractivity contribution in [3.8, 4) is 5.75 Å². The lowest BCUT2D eigenvalue weighted by Crippen LogP contribution is -2.32. The van der Waals surface area contributed by atoms with E-state index in [9.17, 15) is 27.9 Å². The molecule has 218 valence electrons. The van der Waals surface area contributed by atoms with Crippen LogP contribution in [0.25, 0.3) is 0 Å². The lowest BCUT2D eigenvalue weighted by Gasteiger charge is -2.25. The maximum atomic E-state index is 13.0. The number of aromatic nitrogens is 1. The van der Waals surface area contributed by atoms with Crippen LogP contribution < -0.4 is 20.3 Å². The number of carbonyl (C=O) groups is 3. The second-order valence-corrected chi connectivity index (χ2v) is 11.4. The minimum Gasteiger partial charge on any atom is -0.495 e. The summed E-state index contributed by atoms with van der Waals surface area (Å²) >= 11 is 0. The molecular weight excluding hydrogens is 550 g/mol. The summed E-state index contributed by atoms with van der Waals surface area (Å²) in [5, 5.41) is 14.8. The molecule has 1 heterocycles. The van der Waals surface area contributed by atoms with Crippen LogP contribution in [0.3, 0.4) is 0 Å². The van der Waals surface area contributed by atoms with Gasteiger partial charge < -0.3 is 20.5 Å². The Kier molecular flexibility index (Phi) is 10.0. The molecule has 0 saturated heterocycles. The Morgan fingerprint density at radius 3 is 2.29 bits per heavy atom. The van der Waals surface area contributed by atoms with Crippen LogP contribution in [0.15, 0.2) is 60.8 Å². The van der Waals surface area contributed by atoms with Crippen LogP contribution in [-0.2, 0) is 26.0 Å². The molecule has 0 fully saturated rings. The van der Waals surface area contributed by atoms with Gasteiger partial charge in [0.2, 0.25) is 15.9 Å². The van der Waals surface area contributed by atoms with Crippen molar-refractivity contribution < 1.29 is 32.6 Å². The van der Waals surface area contributed by atoms with Crippen molar-refractivity contribution in [3.05, 3.63) is 77.5 Å². The van der Waals surface area contributed by atoms with E-state index in [1.165, 1.54) is 31.3 Å². The van der Waals surface area contributed by atoms with Crippen LogP contribution >= 0.6 is 0 Å². The molecule has 3 amide bonds. The summed E-state index contributed by atoms with van der Waals surface area (Å²) in [6, 6.07) is 14.1. The number of sulfonamides is 1. The lowest BCUT2D eigenvalue weighted by molar-refractivity contribution is -0.138. The molecule has 1 aromatic heterocycles. The Labute approximate surface area is 239 Å². The summed E-state index contributed by atoms with van der Waals surface area (Å²) in [6.45, 7) is 1.89. The summed E-state index contributed by atoms with van der Waals surface area (Å²) < 4.78 is 30.4. The molecule has 1 unspecified atom stereocenters. The number of hydrogen-bond acceptors (Lipinski definition) is 7. The fourth-order valence-electron chi connectivity index (χ4n) is 4.00. The number of carboxylic acids is 1. The Morgan fingerprint density at radius 1 is 1.02 bits per heavy atom. The number of carbonyl (C=O) groups excluding carboxylic acids is 2. The number of methoxy groups -OCH3 is 1. The summed E-state index contributed by atoms with van der Waals surface area (Å²) in [5.41, 5.74) is 3.03. The molecule has 0 radical (unpaired) electrons. The Morgan fingerprint density at radius 2 is 1.71 bits per heavy atom. The standard InChI is InChI=1S/C28H33N5O7S/c1-18-8-6-7-9-21(18)30-28(37)31-22-12-10-19(14-24(22)40-4)15-26(34)32(2)25-13-11-20(17-29-25)23(16-27(35)36)33(3)41(5,38)39/h6-14,17,23H,15-16H2,1-5H3,(H,35,36)(H2,30,31,37). The van der Waals surface area contributed by atoms with Crippen molar-refractivity contribution in [1.82, 2.24) is 9.29 Å². The summed E-state index contributed by atoms with van der Waals surface area (Å²) in [7, 11) is 0.649. The van der Waals surface area contributed by atoms with Gasteiger partial charge in [0.05, 0.1) is 37.9 Å². The number of likely N-dealkylation sites (N-methyl/N-ethyl adjacent to an activating group) is 1. The van der Waals surface area contributed by atoms with E-state index in [4.69, 9.17) is 4.74 Å². The van der Waals surface area contributed by atoms with Gasteiger partial charge in [0.25, 0.3) is 0 Å². The van der Waals surface area contributed by atoms with Crippen molar-refractivity contribution in [3.63, 3.8) is 0 Å². The molecule has 3 N–H and O–H groups in total. The van der Waals surface area contributed by atoms with Crippen LogP contribution in [0.1, 0.15) is 29.2 Å². The predicted molar refractivity (Wildman–Crippen MR) is 156 cm³/mol. The van der Waals surface area contributed by atoms with E-state index in [0.717, 1.165) is 16.1 Å². The van der Waals surface area contributed by atoms with Gasteiger partial charge in [0.15, 0.2) is 0 Å². The third-order valence-electron chi connectivity index (χ3n) is 6.47. The number of ether oxygens (including phenoxy) is 1. The number of carboxylic acid groups (broad SMARTS) is 1. The number of benzene rings is 2. The van der Waals surface area contributed by atoms with E-state index in [-0.39, 0.29) is 12.3 Å². The highest BCUT2D eigenvalue weighted by molar-refractivity contribution is 7.88. The Bertz CT molecular complexity index is 1530. The van der Waals surface area contributed by atoms with Crippen LogP contribution in [0, 0.1) is 6.92 Å². The maximum Gasteiger partial charge on any atom is 0.323 e. The second-order valence-electron chi connectivity index (χ2n) is 9.40. The minimum absolute atomic E-state index is 0.00440. The van der Waals surface area contributed by atoms with Gasteiger partial charge in [-0.2, -0.15) is 4.31 Å². The van der Waals surface area contributed by atoms with Crippen LogP contribution in [-0.4, -0.2) is 68.2 Å². The normalized spacial score (nSPS) is 12.0. The number of nitrogens with one attached hydrogen (secondary N) is 2. The number of rotatable bonds is 11. The molecule has 0 spiro atoms. The SMILES string of the molecule is COc1cc(CC(=O)N(C)c2ccc(C(CC(=O)O)N(C)S(C)(=O)=O)cn2)ccc1NC(=O)Nc1ccccc1C. The number of urea groups is 1. The first kappa shape index (κ1) is 31.0. The molecule has 0 aliphatic heterocycles. The van der Waals surface area contributed by atoms with Crippen LogP contribution in [0.4, 0.5) is 22.0 Å². The molecule has 3 aromatic rings. The number of aryl methyl sites for hydroxylation is 1. The van der Waals surface area contributed by atoms with E-state index in [2.05, 4.69) is 15.6 Å². The molecule has 0 bridgehead atoms. The average molecular weight is 584 g/mol. The van der Waals surface area contributed by atoms with E-state index >= 15 is 0 Å². The van der Waals surface area contributed by atoms with Crippen molar-refractivity contribution in [2.75, 3.05) is 43.0 Å². The van der Waals surface area contributed by atoms with Gasteiger partial charge in [0.1, 0.15) is 11.6 Å². The van der Waals surface area contributed by atoms with Crippen molar-refractivity contribution in [2.24, 2.45) is 0 Å². The number of hydrogen-bond donors (Lipinski definition) is 3. The zero-order chi connectivity index (χ0) is 30.3. The highest BCUT2D eigenvalue weighted by Gasteiger charge is 2.27. The number of nitrogens with zero attached hydrogens (tertiary/aromatic N) is 3. The first-order chi connectivity index (χ1) is 19.3. The zero-order valence-corrected chi connectivity index (χ0v) is 24.2. The lowest BCUT2D eigenvalue weighted by atomic mass is 10.1. The number of aliphatic carboxylic acids is 1. The molecule has 0 saturated carbocycles. The molecule has 0 aliphatic rings. The van der Waals surface area contributed by atoms with Gasteiger partial charge in [-0.3, -0.25) is 14.5 Å². The van der Waals surface area contributed by atoms with Gasteiger partial charge >= 0.3 is 12.0 Å². The third-order valence-corrected chi connectivity index (χ3v) is 7.77. The highest BCUT2D eigenvalue weighted by atomic mass is 32.2. The molecule has 0 aliphatic carbocycles. The van der Waals surface area contributed by atoms with E-state index in [1.807, 2.05) is 25.1 Å². The second kappa shape index (κ2) is 13.2. The zero-order valence-electron chi connectivity index (χ0n) is 23.4. The number of pyridine rings is 1. The van der Waals surface area contributed by atoms with E-state index in [0.29, 0.717) is 34.1 Å². The molecule has 2 aromatic carbocycles. The van der Waals surface area contributed by atoms with Crippen molar-refractivity contribution in [2.45, 2.75) is 25.8 Å². The summed E-state index contributed by atoms with van der Waals surface area (Å²) in [5.74, 6) is -0.779. The van der Waals surface area contributed by atoms with Crippen LogP contribution in [0.2, 0.25) is 0 Å². The highest BCUT2D eigenvalue weighted by Crippen LogP contribution is 2.28.